The van der Waals surface area contributed by atoms with E-state index >= 15 is 0 Å². The molecule has 1 aliphatic heterocycles. The fourth-order valence-corrected chi connectivity index (χ4v) is 2.97. The topological polar surface area (TPSA) is 55.3 Å². The maximum atomic E-state index is 12.9. The molecule has 24 heavy (non-hydrogen) atoms. The molecule has 0 spiro atoms. The molecule has 0 aliphatic carbocycles. The zero-order valence-corrected chi connectivity index (χ0v) is 14.5. The van der Waals surface area contributed by atoms with Gasteiger partial charge >= 0.3 is 0 Å². The predicted octanol–water partition coefficient (Wildman–Crippen LogP) is 3.47. The average molecular weight is 346 g/mol. The zero-order valence-electron chi connectivity index (χ0n) is 13.8. The molecule has 126 valence electrons. The van der Waals surface area contributed by atoms with Crippen molar-refractivity contribution in [3.8, 4) is 0 Å². The molecular formula is C18H20ClN3O2. The summed E-state index contributed by atoms with van der Waals surface area (Å²) >= 11 is 5.94. The van der Waals surface area contributed by atoms with Gasteiger partial charge in [0.2, 0.25) is 0 Å². The van der Waals surface area contributed by atoms with E-state index in [1.165, 1.54) is 6.33 Å². The van der Waals surface area contributed by atoms with Gasteiger partial charge in [-0.15, -0.1) is 0 Å². The summed E-state index contributed by atoms with van der Waals surface area (Å²) in [6.45, 7) is 5.62. The van der Waals surface area contributed by atoms with Crippen molar-refractivity contribution < 1.29 is 9.53 Å². The van der Waals surface area contributed by atoms with Crippen molar-refractivity contribution in [2.45, 2.75) is 25.9 Å². The number of carbonyl (C=O) groups is 1. The Morgan fingerprint density at radius 1 is 1.33 bits per heavy atom. The molecule has 2 heterocycles. The van der Waals surface area contributed by atoms with Gasteiger partial charge in [0, 0.05) is 17.8 Å². The van der Waals surface area contributed by atoms with Gasteiger partial charge in [0.15, 0.2) is 0 Å². The van der Waals surface area contributed by atoms with E-state index in [0.717, 1.165) is 11.3 Å². The number of hydrogen-bond donors (Lipinski definition) is 0. The number of amides is 1. The van der Waals surface area contributed by atoms with Crippen molar-refractivity contribution in [2.24, 2.45) is 0 Å². The van der Waals surface area contributed by atoms with E-state index in [2.05, 4.69) is 9.97 Å². The molecule has 1 aromatic carbocycles. The van der Waals surface area contributed by atoms with Crippen LogP contribution in [-0.4, -0.2) is 40.5 Å². The first-order valence-corrected chi connectivity index (χ1v) is 8.40. The third-order valence-corrected chi connectivity index (χ3v) is 4.37. The number of morpholine rings is 1. The number of halogens is 1. The van der Waals surface area contributed by atoms with Crippen LogP contribution < -0.4 is 0 Å². The van der Waals surface area contributed by atoms with Gasteiger partial charge < -0.3 is 9.64 Å². The molecule has 0 saturated carbocycles. The Labute approximate surface area is 146 Å². The van der Waals surface area contributed by atoms with Crippen LogP contribution in [0.1, 0.15) is 47.5 Å². The van der Waals surface area contributed by atoms with Gasteiger partial charge in [-0.05, 0) is 23.6 Å². The molecule has 2 aromatic rings. The quantitative estimate of drug-likeness (QED) is 0.854. The Balaban J connectivity index is 1.80. The maximum Gasteiger partial charge on any atom is 0.257 e. The second kappa shape index (κ2) is 7.28. The minimum Gasteiger partial charge on any atom is -0.370 e. The van der Waals surface area contributed by atoms with Gasteiger partial charge in [-0.1, -0.05) is 37.6 Å². The molecule has 5 nitrogen and oxygen atoms in total. The van der Waals surface area contributed by atoms with E-state index in [4.69, 9.17) is 16.3 Å². The summed E-state index contributed by atoms with van der Waals surface area (Å²) in [5.41, 5.74) is 2.37. The van der Waals surface area contributed by atoms with E-state index in [1.54, 1.807) is 6.20 Å². The van der Waals surface area contributed by atoms with E-state index in [1.807, 2.05) is 43.0 Å². The molecule has 1 amide bonds. The van der Waals surface area contributed by atoms with Crippen LogP contribution in [0.2, 0.25) is 5.02 Å². The minimum absolute atomic E-state index is 0.0402. The second-order valence-corrected chi connectivity index (χ2v) is 6.57. The number of carbonyl (C=O) groups excluding carboxylic acids is 1. The molecule has 6 heteroatoms. The van der Waals surface area contributed by atoms with Gasteiger partial charge in [-0.3, -0.25) is 4.79 Å². The van der Waals surface area contributed by atoms with Crippen molar-refractivity contribution in [3.63, 3.8) is 0 Å². The molecule has 0 bridgehead atoms. The maximum absolute atomic E-state index is 12.9. The van der Waals surface area contributed by atoms with Crippen molar-refractivity contribution in [1.82, 2.24) is 14.9 Å². The number of benzene rings is 1. The fraction of sp³-hybridized carbons (Fsp3) is 0.389. The van der Waals surface area contributed by atoms with Crippen LogP contribution >= 0.6 is 11.6 Å². The summed E-state index contributed by atoms with van der Waals surface area (Å²) < 4.78 is 5.83. The summed E-state index contributed by atoms with van der Waals surface area (Å²) in [4.78, 5) is 23.0. The van der Waals surface area contributed by atoms with Crippen LogP contribution in [0.5, 0.6) is 0 Å². The van der Waals surface area contributed by atoms with Gasteiger partial charge in [0.05, 0.1) is 24.4 Å². The van der Waals surface area contributed by atoms with E-state index in [9.17, 15) is 4.79 Å². The third-order valence-electron chi connectivity index (χ3n) is 4.12. The van der Waals surface area contributed by atoms with Crippen molar-refractivity contribution in [3.05, 3.63) is 58.6 Å². The highest BCUT2D eigenvalue weighted by Crippen LogP contribution is 2.25. The van der Waals surface area contributed by atoms with Crippen LogP contribution in [0.3, 0.4) is 0 Å². The van der Waals surface area contributed by atoms with Crippen molar-refractivity contribution >= 4 is 17.5 Å². The van der Waals surface area contributed by atoms with Gasteiger partial charge in [0.25, 0.3) is 5.91 Å². The number of hydrogen-bond acceptors (Lipinski definition) is 4. The number of nitrogens with zero attached hydrogens (tertiary/aromatic N) is 3. The van der Waals surface area contributed by atoms with Gasteiger partial charge in [-0.2, -0.15) is 0 Å². The first-order valence-electron chi connectivity index (χ1n) is 8.02. The van der Waals surface area contributed by atoms with Crippen LogP contribution in [0.25, 0.3) is 0 Å². The molecule has 1 aliphatic rings. The molecular weight excluding hydrogens is 326 g/mol. The lowest BCUT2D eigenvalue weighted by Gasteiger charge is -2.33. The molecule has 0 N–H and O–H groups in total. The number of aromatic nitrogens is 2. The highest BCUT2D eigenvalue weighted by atomic mass is 35.5. The van der Waals surface area contributed by atoms with Crippen LogP contribution in [0, 0.1) is 0 Å². The molecule has 0 unspecified atom stereocenters. The Bertz CT molecular complexity index is 718. The Hall–Kier alpha value is -1.98. The lowest BCUT2D eigenvalue weighted by molar-refractivity contribution is -0.0229. The fourth-order valence-electron chi connectivity index (χ4n) is 2.85. The lowest BCUT2D eigenvalue weighted by atomic mass is 10.0. The van der Waals surface area contributed by atoms with Crippen LogP contribution in [-0.2, 0) is 4.74 Å². The van der Waals surface area contributed by atoms with E-state index < -0.39 is 0 Å². The molecule has 1 fully saturated rings. The molecule has 1 saturated heterocycles. The smallest absolute Gasteiger partial charge is 0.257 e. The Morgan fingerprint density at radius 3 is 2.79 bits per heavy atom. The van der Waals surface area contributed by atoms with Crippen LogP contribution in [0.4, 0.5) is 0 Å². The van der Waals surface area contributed by atoms with Crippen LogP contribution in [0.15, 0.2) is 36.8 Å². The number of ether oxygens (including phenoxy) is 1. The first kappa shape index (κ1) is 16.9. The van der Waals surface area contributed by atoms with Gasteiger partial charge in [0.1, 0.15) is 12.4 Å². The van der Waals surface area contributed by atoms with Crippen molar-refractivity contribution in [2.75, 3.05) is 19.7 Å². The molecule has 0 radical (unpaired) electrons. The predicted molar refractivity (Wildman–Crippen MR) is 92.2 cm³/mol. The summed E-state index contributed by atoms with van der Waals surface area (Å²) in [5.74, 6) is 0.126. The summed E-state index contributed by atoms with van der Waals surface area (Å²) in [6, 6.07) is 7.55. The molecule has 1 atom stereocenters. The highest BCUT2D eigenvalue weighted by Gasteiger charge is 2.28. The molecule has 3 rings (SSSR count). The Morgan fingerprint density at radius 2 is 2.08 bits per heavy atom. The van der Waals surface area contributed by atoms with Gasteiger partial charge in [-0.25, -0.2) is 9.97 Å². The number of rotatable bonds is 3. The van der Waals surface area contributed by atoms with Crippen molar-refractivity contribution in [1.29, 1.82) is 0 Å². The van der Waals surface area contributed by atoms with E-state index in [-0.39, 0.29) is 17.9 Å². The lowest BCUT2D eigenvalue weighted by Crippen LogP contribution is -2.42. The average Bonchev–Trinajstić information content (AvgIpc) is 2.62. The first-order chi connectivity index (χ1) is 11.6. The largest absolute Gasteiger partial charge is 0.370 e. The third kappa shape index (κ3) is 3.57. The minimum atomic E-state index is -0.146. The Kier molecular flexibility index (Phi) is 5.11. The summed E-state index contributed by atoms with van der Waals surface area (Å²) in [6.07, 6.45) is 2.95. The molecule has 1 aromatic heterocycles. The highest BCUT2D eigenvalue weighted by molar-refractivity contribution is 6.30. The zero-order chi connectivity index (χ0) is 17.1. The monoisotopic (exact) mass is 345 g/mol. The summed E-state index contributed by atoms with van der Waals surface area (Å²) in [7, 11) is 0. The second-order valence-electron chi connectivity index (χ2n) is 6.14. The van der Waals surface area contributed by atoms with E-state index in [0.29, 0.717) is 30.3 Å². The SMILES string of the molecule is CC(C)c1ncncc1C(=O)N1CCO[C@H](c2ccc(Cl)cc2)C1. The summed E-state index contributed by atoms with van der Waals surface area (Å²) in [5, 5.41) is 0.686. The standard InChI is InChI=1S/C18H20ClN3O2/c1-12(2)17-15(9-20-11-21-17)18(23)22-7-8-24-16(10-22)13-3-5-14(19)6-4-13/h3-6,9,11-12,16H,7-8,10H2,1-2H3/t16-/m0/s1. The normalized spacial score (nSPS) is 18.0.